The maximum Gasteiger partial charge on any atom is 0.180 e. The molecule has 0 aliphatic carbocycles. The first-order valence-electron chi connectivity index (χ1n) is 8.15. The number of nitrogens with one attached hydrogen (secondary N) is 1. The van der Waals surface area contributed by atoms with Gasteiger partial charge in [-0.05, 0) is 41.8 Å². The molecule has 4 nitrogen and oxygen atoms in total. The van der Waals surface area contributed by atoms with Crippen molar-refractivity contribution in [3.05, 3.63) is 57.6 Å². The molecule has 144 valence electrons. The zero-order valence-corrected chi connectivity index (χ0v) is 17.1. The van der Waals surface area contributed by atoms with Crippen molar-refractivity contribution in [1.29, 1.82) is 0 Å². The molecule has 0 spiro atoms. The Morgan fingerprint density at radius 1 is 1.12 bits per heavy atom. The number of ether oxygens (including phenoxy) is 2. The largest absolute Gasteiger partial charge is 0.493 e. The summed E-state index contributed by atoms with van der Waals surface area (Å²) in [6, 6.07) is 11.2. The van der Waals surface area contributed by atoms with E-state index in [-0.39, 0.29) is 25.1 Å². The Kier molecular flexibility index (Phi) is 10.1. The van der Waals surface area contributed by atoms with Crippen molar-refractivity contribution in [3.63, 3.8) is 0 Å². The lowest BCUT2D eigenvalue weighted by Crippen LogP contribution is -2.31. The van der Waals surface area contributed by atoms with Crippen molar-refractivity contribution in [2.45, 2.75) is 32.5 Å². The molecule has 0 saturated carbocycles. The zero-order chi connectivity index (χ0) is 18.2. The van der Waals surface area contributed by atoms with Gasteiger partial charge in [-0.2, -0.15) is 0 Å². The lowest BCUT2D eigenvalue weighted by Gasteiger charge is -2.17. The van der Waals surface area contributed by atoms with Crippen molar-refractivity contribution in [2.24, 2.45) is 0 Å². The molecule has 0 heterocycles. The average molecular weight is 421 g/mol. The van der Waals surface area contributed by atoms with Gasteiger partial charge in [0.2, 0.25) is 0 Å². The fourth-order valence-electron chi connectivity index (χ4n) is 2.35. The van der Waals surface area contributed by atoms with Crippen LogP contribution >= 0.6 is 35.6 Å². The third-order valence-corrected chi connectivity index (χ3v) is 4.43. The van der Waals surface area contributed by atoms with Crippen LogP contribution in [0, 0.1) is 0 Å². The summed E-state index contributed by atoms with van der Waals surface area (Å²) in [5.74, 6) is 1.09. The van der Waals surface area contributed by atoms with Gasteiger partial charge in [0.15, 0.2) is 11.5 Å². The minimum absolute atomic E-state index is 0. The maximum atomic E-state index is 9.26. The monoisotopic (exact) mass is 419 g/mol. The van der Waals surface area contributed by atoms with Crippen LogP contribution in [-0.2, 0) is 13.2 Å². The van der Waals surface area contributed by atoms with Crippen LogP contribution in [0.4, 0.5) is 0 Å². The standard InChI is InChI=1S/C19H23Cl2NO3.ClH/c1-3-16(11-23)22-10-14-8-17(21)19(18(9-14)24-2)25-12-13-4-6-15(20)7-5-13;/h4-9,16,22-23H,3,10-12H2,1-2H3;1H. The van der Waals surface area contributed by atoms with Crippen LogP contribution in [-0.4, -0.2) is 24.9 Å². The molecule has 0 amide bonds. The summed E-state index contributed by atoms with van der Waals surface area (Å²) < 4.78 is 11.3. The number of hydrogen-bond acceptors (Lipinski definition) is 4. The molecule has 2 aromatic rings. The topological polar surface area (TPSA) is 50.7 Å². The van der Waals surface area contributed by atoms with Gasteiger partial charge in [0.05, 0.1) is 18.7 Å². The van der Waals surface area contributed by atoms with Gasteiger partial charge in [0.25, 0.3) is 0 Å². The van der Waals surface area contributed by atoms with Gasteiger partial charge in [0.1, 0.15) is 6.61 Å². The van der Waals surface area contributed by atoms with Crippen molar-refractivity contribution in [3.8, 4) is 11.5 Å². The highest BCUT2D eigenvalue weighted by Crippen LogP contribution is 2.37. The second kappa shape index (κ2) is 11.5. The van der Waals surface area contributed by atoms with Gasteiger partial charge in [-0.15, -0.1) is 12.4 Å². The van der Waals surface area contributed by atoms with E-state index in [2.05, 4.69) is 5.32 Å². The van der Waals surface area contributed by atoms with Gasteiger partial charge >= 0.3 is 0 Å². The summed E-state index contributed by atoms with van der Waals surface area (Å²) in [7, 11) is 1.58. The third-order valence-electron chi connectivity index (χ3n) is 3.89. The molecule has 1 atom stereocenters. The molecule has 0 radical (unpaired) electrons. The van der Waals surface area contributed by atoms with Crippen LogP contribution in [0.15, 0.2) is 36.4 Å². The number of methoxy groups -OCH3 is 1. The Balaban J connectivity index is 0.00000338. The van der Waals surface area contributed by atoms with Gasteiger partial charge in [0, 0.05) is 17.6 Å². The molecule has 2 N–H and O–H groups in total. The molecule has 26 heavy (non-hydrogen) atoms. The molecule has 1 unspecified atom stereocenters. The minimum atomic E-state index is 0. The highest BCUT2D eigenvalue weighted by molar-refractivity contribution is 6.32. The normalized spacial score (nSPS) is 11.6. The first-order chi connectivity index (χ1) is 12.1. The molecular formula is C19H24Cl3NO3. The van der Waals surface area contributed by atoms with Gasteiger partial charge in [-0.1, -0.05) is 42.3 Å². The second-order valence-electron chi connectivity index (χ2n) is 5.69. The molecule has 0 fully saturated rings. The van der Waals surface area contributed by atoms with E-state index in [9.17, 15) is 5.11 Å². The number of benzene rings is 2. The fourth-order valence-corrected chi connectivity index (χ4v) is 2.77. The Hall–Kier alpha value is -1.17. The maximum absolute atomic E-state index is 9.26. The summed E-state index contributed by atoms with van der Waals surface area (Å²) in [6.07, 6.45) is 0.851. The summed E-state index contributed by atoms with van der Waals surface area (Å²) in [6.45, 7) is 3.08. The van der Waals surface area contributed by atoms with Crippen LogP contribution < -0.4 is 14.8 Å². The molecule has 0 saturated heterocycles. The molecular weight excluding hydrogens is 397 g/mol. The van der Waals surface area contributed by atoms with Crippen LogP contribution in [0.1, 0.15) is 24.5 Å². The van der Waals surface area contributed by atoms with Crippen molar-refractivity contribution in [2.75, 3.05) is 13.7 Å². The first kappa shape index (κ1) is 22.9. The predicted octanol–water partition coefficient (Wildman–Crippen LogP) is 4.86. The van der Waals surface area contributed by atoms with E-state index in [1.807, 2.05) is 43.3 Å². The number of rotatable bonds is 9. The van der Waals surface area contributed by atoms with Gasteiger partial charge in [-0.3, -0.25) is 0 Å². The smallest absolute Gasteiger partial charge is 0.180 e. The number of hydrogen-bond donors (Lipinski definition) is 2. The summed E-state index contributed by atoms with van der Waals surface area (Å²) >= 11 is 12.3. The highest BCUT2D eigenvalue weighted by atomic mass is 35.5. The molecule has 0 aliphatic heterocycles. The van der Waals surface area contributed by atoms with Crippen LogP contribution in [0.5, 0.6) is 11.5 Å². The van der Waals surface area contributed by atoms with Crippen LogP contribution in [0.3, 0.4) is 0 Å². The van der Waals surface area contributed by atoms with E-state index in [1.165, 1.54) is 0 Å². The fraction of sp³-hybridized carbons (Fsp3) is 0.368. The van der Waals surface area contributed by atoms with Crippen molar-refractivity contribution >= 4 is 35.6 Å². The molecule has 2 rings (SSSR count). The first-order valence-corrected chi connectivity index (χ1v) is 8.90. The number of aliphatic hydroxyl groups is 1. The minimum Gasteiger partial charge on any atom is -0.493 e. The Morgan fingerprint density at radius 3 is 2.38 bits per heavy atom. The van der Waals surface area contributed by atoms with E-state index in [1.54, 1.807) is 7.11 Å². The van der Waals surface area contributed by atoms with E-state index in [0.29, 0.717) is 34.7 Å². The number of halogens is 3. The molecule has 2 aromatic carbocycles. The number of aliphatic hydroxyl groups excluding tert-OH is 1. The van der Waals surface area contributed by atoms with E-state index >= 15 is 0 Å². The van der Waals surface area contributed by atoms with Gasteiger partial charge in [-0.25, -0.2) is 0 Å². The predicted molar refractivity (Wildman–Crippen MR) is 109 cm³/mol. The summed E-state index contributed by atoms with van der Waals surface area (Å²) in [5, 5.41) is 13.7. The van der Waals surface area contributed by atoms with Crippen LogP contribution in [0.2, 0.25) is 10.0 Å². The molecule has 0 bridgehead atoms. The lowest BCUT2D eigenvalue weighted by atomic mass is 10.1. The highest BCUT2D eigenvalue weighted by Gasteiger charge is 2.13. The molecule has 0 aliphatic rings. The lowest BCUT2D eigenvalue weighted by molar-refractivity contribution is 0.238. The van der Waals surface area contributed by atoms with Crippen molar-refractivity contribution in [1.82, 2.24) is 5.32 Å². The Labute approximate surface area is 170 Å². The Morgan fingerprint density at radius 2 is 1.81 bits per heavy atom. The third kappa shape index (κ3) is 6.53. The zero-order valence-electron chi connectivity index (χ0n) is 14.8. The van der Waals surface area contributed by atoms with E-state index in [4.69, 9.17) is 32.7 Å². The summed E-state index contributed by atoms with van der Waals surface area (Å²) in [4.78, 5) is 0. The molecule has 0 aromatic heterocycles. The van der Waals surface area contributed by atoms with Crippen molar-refractivity contribution < 1.29 is 14.6 Å². The van der Waals surface area contributed by atoms with Crippen LogP contribution in [0.25, 0.3) is 0 Å². The quantitative estimate of drug-likeness (QED) is 0.608. The second-order valence-corrected chi connectivity index (χ2v) is 6.54. The summed E-state index contributed by atoms with van der Waals surface area (Å²) in [5.41, 5.74) is 1.95. The molecule has 7 heteroatoms. The van der Waals surface area contributed by atoms with E-state index in [0.717, 1.165) is 17.5 Å². The average Bonchev–Trinajstić information content (AvgIpc) is 2.62. The van der Waals surface area contributed by atoms with Gasteiger partial charge < -0.3 is 19.9 Å². The Bertz CT molecular complexity index is 676. The van der Waals surface area contributed by atoms with E-state index < -0.39 is 0 Å². The SMILES string of the molecule is CCC(CO)NCc1cc(Cl)c(OCc2ccc(Cl)cc2)c(OC)c1.Cl.